The van der Waals surface area contributed by atoms with E-state index in [9.17, 15) is 0 Å². The molecule has 1 aromatic heterocycles. The van der Waals surface area contributed by atoms with Gasteiger partial charge in [-0.3, -0.25) is 4.98 Å². The van der Waals surface area contributed by atoms with E-state index in [0.29, 0.717) is 6.04 Å². The molecule has 0 aliphatic heterocycles. The highest BCUT2D eigenvalue weighted by molar-refractivity contribution is 5.91. The van der Waals surface area contributed by atoms with Crippen LogP contribution < -0.4 is 5.32 Å². The van der Waals surface area contributed by atoms with Crippen LogP contribution in [0.1, 0.15) is 38.3 Å². The van der Waals surface area contributed by atoms with E-state index in [0.717, 1.165) is 17.9 Å². The second-order valence-electron chi connectivity index (χ2n) is 7.16. The summed E-state index contributed by atoms with van der Waals surface area (Å²) in [6.45, 7) is 3.40. The lowest BCUT2D eigenvalue weighted by molar-refractivity contribution is 0.255. The third kappa shape index (κ3) is 4.03. The number of pyridine rings is 1. The van der Waals surface area contributed by atoms with Crippen LogP contribution in [0.15, 0.2) is 30.3 Å². The minimum absolute atomic E-state index is 0.601. The van der Waals surface area contributed by atoms with Crippen molar-refractivity contribution < 1.29 is 0 Å². The van der Waals surface area contributed by atoms with Gasteiger partial charge >= 0.3 is 0 Å². The van der Waals surface area contributed by atoms with Crippen molar-refractivity contribution in [3.05, 3.63) is 36.0 Å². The predicted molar refractivity (Wildman–Crippen MR) is 99.0 cm³/mol. The van der Waals surface area contributed by atoms with Crippen LogP contribution in [0.4, 0.5) is 5.69 Å². The lowest BCUT2D eigenvalue weighted by Crippen LogP contribution is -2.31. The molecule has 0 bridgehead atoms. The van der Waals surface area contributed by atoms with Crippen LogP contribution in [0, 0.1) is 5.92 Å². The van der Waals surface area contributed by atoms with E-state index in [1.165, 1.54) is 49.0 Å². The molecule has 1 aliphatic carbocycles. The first-order valence-electron chi connectivity index (χ1n) is 8.95. The topological polar surface area (TPSA) is 28.2 Å². The van der Waals surface area contributed by atoms with Gasteiger partial charge in [-0.2, -0.15) is 0 Å². The fourth-order valence-electron chi connectivity index (χ4n) is 3.76. The fraction of sp³-hybridized carbons (Fsp3) is 0.550. The Hall–Kier alpha value is -1.61. The Kier molecular flexibility index (Phi) is 5.16. The number of hydrogen-bond acceptors (Lipinski definition) is 3. The monoisotopic (exact) mass is 311 g/mol. The first-order valence-corrected chi connectivity index (χ1v) is 8.95. The van der Waals surface area contributed by atoms with E-state index in [1.807, 2.05) is 0 Å². The SMILES string of the molecule is CCc1cc(NC2CCC(CN(C)C)CC2)c2ccccc2n1. The summed E-state index contributed by atoms with van der Waals surface area (Å²) < 4.78 is 0. The van der Waals surface area contributed by atoms with Gasteiger partial charge in [0.15, 0.2) is 0 Å². The van der Waals surface area contributed by atoms with Crippen molar-refractivity contribution >= 4 is 16.6 Å². The smallest absolute Gasteiger partial charge is 0.0726 e. The summed E-state index contributed by atoms with van der Waals surface area (Å²) in [5.41, 5.74) is 3.55. The Morgan fingerprint density at radius 2 is 1.87 bits per heavy atom. The van der Waals surface area contributed by atoms with Crippen molar-refractivity contribution in [3.63, 3.8) is 0 Å². The van der Waals surface area contributed by atoms with Crippen molar-refractivity contribution in [1.29, 1.82) is 0 Å². The van der Waals surface area contributed by atoms with Crippen LogP contribution >= 0.6 is 0 Å². The number of nitrogens with one attached hydrogen (secondary N) is 1. The minimum Gasteiger partial charge on any atom is -0.382 e. The number of rotatable bonds is 5. The third-order valence-corrected chi connectivity index (χ3v) is 4.96. The highest BCUT2D eigenvalue weighted by atomic mass is 15.1. The summed E-state index contributed by atoms with van der Waals surface area (Å²) in [5.74, 6) is 0.864. The molecule has 0 saturated heterocycles. The first-order chi connectivity index (χ1) is 11.2. The van der Waals surface area contributed by atoms with Crippen molar-refractivity contribution in [1.82, 2.24) is 9.88 Å². The van der Waals surface area contributed by atoms with Crippen LogP contribution in [0.3, 0.4) is 0 Å². The van der Waals surface area contributed by atoms with Crippen LogP contribution in [-0.4, -0.2) is 36.6 Å². The van der Waals surface area contributed by atoms with Gasteiger partial charge in [-0.05, 0) is 64.3 Å². The average molecular weight is 311 g/mol. The fourth-order valence-corrected chi connectivity index (χ4v) is 3.76. The Labute approximate surface area is 140 Å². The van der Waals surface area contributed by atoms with Gasteiger partial charge in [-0.25, -0.2) is 0 Å². The molecule has 1 N–H and O–H groups in total. The van der Waals surface area contributed by atoms with E-state index in [1.54, 1.807) is 0 Å². The van der Waals surface area contributed by atoms with Crippen LogP contribution in [0.5, 0.6) is 0 Å². The number of hydrogen-bond donors (Lipinski definition) is 1. The largest absolute Gasteiger partial charge is 0.382 e. The number of benzene rings is 1. The van der Waals surface area contributed by atoms with Crippen molar-refractivity contribution in [2.24, 2.45) is 5.92 Å². The normalized spacial score (nSPS) is 21.7. The molecule has 1 aromatic carbocycles. The summed E-state index contributed by atoms with van der Waals surface area (Å²) in [6.07, 6.45) is 6.20. The molecule has 3 nitrogen and oxygen atoms in total. The number of aromatic nitrogens is 1. The number of fused-ring (bicyclic) bond motifs is 1. The lowest BCUT2D eigenvalue weighted by Gasteiger charge is -2.31. The molecule has 0 spiro atoms. The number of nitrogens with zero attached hydrogens (tertiary/aromatic N) is 2. The molecule has 2 aromatic rings. The molecule has 1 heterocycles. The van der Waals surface area contributed by atoms with Crippen LogP contribution in [0.2, 0.25) is 0 Å². The number of para-hydroxylation sites is 1. The van der Waals surface area contributed by atoms with E-state index in [4.69, 9.17) is 4.98 Å². The molecule has 1 saturated carbocycles. The van der Waals surface area contributed by atoms with Gasteiger partial charge in [-0.15, -0.1) is 0 Å². The first kappa shape index (κ1) is 16.3. The van der Waals surface area contributed by atoms with Crippen LogP contribution in [0.25, 0.3) is 10.9 Å². The lowest BCUT2D eigenvalue weighted by atomic mass is 9.85. The summed E-state index contributed by atoms with van der Waals surface area (Å²) in [4.78, 5) is 7.07. The molecule has 3 rings (SSSR count). The van der Waals surface area contributed by atoms with Gasteiger partial charge in [0, 0.05) is 29.4 Å². The number of anilines is 1. The molecule has 0 radical (unpaired) electrons. The Morgan fingerprint density at radius 1 is 1.13 bits per heavy atom. The summed E-state index contributed by atoms with van der Waals surface area (Å²) in [6, 6.07) is 11.3. The molecule has 1 fully saturated rings. The molecule has 1 aliphatic rings. The molecule has 0 unspecified atom stereocenters. The maximum Gasteiger partial charge on any atom is 0.0726 e. The maximum atomic E-state index is 4.75. The van der Waals surface area contributed by atoms with Gasteiger partial charge in [0.25, 0.3) is 0 Å². The zero-order chi connectivity index (χ0) is 16.2. The second kappa shape index (κ2) is 7.31. The van der Waals surface area contributed by atoms with E-state index in [2.05, 4.69) is 61.6 Å². The Morgan fingerprint density at radius 3 is 2.57 bits per heavy atom. The van der Waals surface area contributed by atoms with E-state index < -0.39 is 0 Å². The molecule has 23 heavy (non-hydrogen) atoms. The van der Waals surface area contributed by atoms with E-state index >= 15 is 0 Å². The molecule has 0 amide bonds. The van der Waals surface area contributed by atoms with Gasteiger partial charge in [0.1, 0.15) is 0 Å². The summed E-state index contributed by atoms with van der Waals surface area (Å²) in [5, 5.41) is 5.07. The second-order valence-corrected chi connectivity index (χ2v) is 7.16. The molecule has 124 valence electrons. The van der Waals surface area contributed by atoms with Crippen molar-refractivity contribution in [2.75, 3.05) is 26.0 Å². The highest BCUT2D eigenvalue weighted by Gasteiger charge is 2.22. The van der Waals surface area contributed by atoms with E-state index in [-0.39, 0.29) is 0 Å². The molecular weight excluding hydrogens is 282 g/mol. The minimum atomic E-state index is 0.601. The van der Waals surface area contributed by atoms with Crippen molar-refractivity contribution in [3.8, 4) is 0 Å². The summed E-state index contributed by atoms with van der Waals surface area (Å²) >= 11 is 0. The summed E-state index contributed by atoms with van der Waals surface area (Å²) in [7, 11) is 4.36. The predicted octanol–water partition coefficient (Wildman–Crippen LogP) is 4.33. The van der Waals surface area contributed by atoms with Crippen molar-refractivity contribution in [2.45, 2.75) is 45.1 Å². The maximum absolute atomic E-state index is 4.75. The van der Waals surface area contributed by atoms with Gasteiger partial charge in [0.05, 0.1) is 5.52 Å². The Bertz CT molecular complexity index is 642. The zero-order valence-corrected chi connectivity index (χ0v) is 14.7. The quantitative estimate of drug-likeness (QED) is 0.891. The molecular formula is C20H29N3. The van der Waals surface area contributed by atoms with Gasteiger partial charge in [0.2, 0.25) is 0 Å². The Balaban J connectivity index is 1.72. The average Bonchev–Trinajstić information content (AvgIpc) is 2.56. The van der Waals surface area contributed by atoms with Gasteiger partial charge in [-0.1, -0.05) is 25.1 Å². The van der Waals surface area contributed by atoms with Gasteiger partial charge < -0.3 is 10.2 Å². The number of aryl methyl sites for hydroxylation is 1. The van der Waals surface area contributed by atoms with Crippen LogP contribution in [-0.2, 0) is 6.42 Å². The molecule has 3 heteroatoms. The molecule has 0 atom stereocenters. The zero-order valence-electron chi connectivity index (χ0n) is 14.7. The standard InChI is InChI=1S/C20H29N3/c1-4-16-13-20(18-7-5-6-8-19(18)21-16)22-17-11-9-15(10-12-17)14-23(2)3/h5-8,13,15,17H,4,9-12,14H2,1-3H3,(H,21,22). The highest BCUT2D eigenvalue weighted by Crippen LogP contribution is 2.30. The third-order valence-electron chi connectivity index (χ3n) is 4.96.